The monoisotopic (exact) mass is 764 g/mol. The van der Waals surface area contributed by atoms with Crippen LogP contribution in [-0.2, 0) is 16.0 Å². The van der Waals surface area contributed by atoms with Crippen LogP contribution in [-0.4, -0.2) is 117 Å². The van der Waals surface area contributed by atoms with E-state index in [2.05, 4.69) is 9.80 Å². The van der Waals surface area contributed by atoms with Gasteiger partial charge in [0.2, 0.25) is 11.8 Å². The molecule has 2 saturated heterocycles. The van der Waals surface area contributed by atoms with Crippen LogP contribution in [0.15, 0.2) is 78.9 Å². The van der Waals surface area contributed by atoms with Crippen LogP contribution < -0.4 is 38.2 Å². The maximum Gasteiger partial charge on any atom is 0.227 e. The molecule has 0 aromatic heterocycles. The minimum atomic E-state index is -0.696. The Morgan fingerprint density at radius 2 is 0.964 bits per heavy atom. The van der Waals surface area contributed by atoms with Crippen LogP contribution in [0.25, 0.3) is 0 Å². The fraction of sp³-hybridized carbons (Fsp3) is 0.409. The number of carbonyl (C=O) groups is 2. The van der Waals surface area contributed by atoms with Crippen molar-refractivity contribution in [2.45, 2.75) is 12.3 Å². The molecular weight excluding hydrogens is 713 g/mol. The van der Waals surface area contributed by atoms with E-state index < -0.39 is 17.8 Å². The van der Waals surface area contributed by atoms with Crippen molar-refractivity contribution in [3.05, 3.63) is 95.6 Å². The van der Waals surface area contributed by atoms with Crippen molar-refractivity contribution in [2.24, 2.45) is 11.8 Å². The average Bonchev–Trinajstić information content (AvgIpc) is 3.27. The van der Waals surface area contributed by atoms with E-state index >= 15 is 9.59 Å². The molecule has 56 heavy (non-hydrogen) atoms. The molecule has 12 nitrogen and oxygen atoms in total. The maximum atomic E-state index is 15.3. The van der Waals surface area contributed by atoms with E-state index in [-0.39, 0.29) is 11.8 Å². The van der Waals surface area contributed by atoms with Gasteiger partial charge < -0.3 is 48.0 Å². The second-order valence-electron chi connectivity index (χ2n) is 14.4. The molecule has 0 saturated carbocycles. The van der Waals surface area contributed by atoms with Crippen molar-refractivity contribution in [3.8, 4) is 34.5 Å². The Morgan fingerprint density at radius 1 is 0.500 bits per heavy atom. The fourth-order valence-electron chi connectivity index (χ4n) is 8.58. The van der Waals surface area contributed by atoms with Gasteiger partial charge in [0.05, 0.1) is 54.5 Å². The standard InChI is InChI=1S/C44H52N4O8/c1-51-33-12-8-31(9-13-33)45-17-21-47(22-18-45)43(49)36-25-30-27-39(55-5)40(56-6)28-35(30)41(29-7-16-37(53-3)38(26-29)54-4)42(36)44(50)48-23-19-46(20-24-48)32-10-14-34(52-2)15-11-32/h7-16,26-28,36,41-42H,17-25H2,1-6H3. The Balaban J connectivity index is 1.25. The first kappa shape index (κ1) is 38.5. The minimum Gasteiger partial charge on any atom is -0.497 e. The highest BCUT2D eigenvalue weighted by Gasteiger charge is 2.49. The topological polar surface area (TPSA) is 102 Å². The number of carbonyl (C=O) groups excluding carboxylic acids is 2. The van der Waals surface area contributed by atoms with Gasteiger partial charge in [0.1, 0.15) is 11.5 Å². The molecule has 7 rings (SSSR count). The zero-order chi connectivity index (χ0) is 39.3. The van der Waals surface area contributed by atoms with Gasteiger partial charge in [0.15, 0.2) is 23.0 Å². The van der Waals surface area contributed by atoms with Gasteiger partial charge in [-0.3, -0.25) is 9.59 Å². The summed E-state index contributed by atoms with van der Waals surface area (Å²) in [5, 5.41) is 0. The average molecular weight is 765 g/mol. The molecule has 296 valence electrons. The van der Waals surface area contributed by atoms with Gasteiger partial charge >= 0.3 is 0 Å². The van der Waals surface area contributed by atoms with E-state index in [4.69, 9.17) is 28.4 Å². The smallest absolute Gasteiger partial charge is 0.227 e. The molecule has 0 N–H and O–H groups in total. The predicted octanol–water partition coefficient (Wildman–Crippen LogP) is 5.36. The first-order chi connectivity index (χ1) is 27.3. The number of piperazine rings is 2. The lowest BCUT2D eigenvalue weighted by Crippen LogP contribution is -2.56. The molecule has 2 heterocycles. The summed E-state index contributed by atoms with van der Waals surface area (Å²) >= 11 is 0. The Labute approximate surface area is 329 Å². The van der Waals surface area contributed by atoms with Gasteiger partial charge in [0.25, 0.3) is 0 Å². The first-order valence-corrected chi connectivity index (χ1v) is 19.1. The van der Waals surface area contributed by atoms with Gasteiger partial charge in [-0.25, -0.2) is 0 Å². The molecule has 3 unspecified atom stereocenters. The summed E-state index contributed by atoms with van der Waals surface area (Å²) in [6, 6.07) is 25.7. The predicted molar refractivity (Wildman–Crippen MR) is 215 cm³/mol. The summed E-state index contributed by atoms with van der Waals surface area (Å²) in [7, 11) is 9.75. The number of anilines is 2. The number of fused-ring (bicyclic) bond motifs is 1. The molecule has 12 heteroatoms. The largest absolute Gasteiger partial charge is 0.497 e. The van der Waals surface area contributed by atoms with Gasteiger partial charge in [-0.1, -0.05) is 6.07 Å². The molecule has 3 aliphatic rings. The summed E-state index contributed by atoms with van der Waals surface area (Å²) in [5.41, 5.74) is 4.90. The molecule has 0 spiro atoms. The molecule has 4 aromatic carbocycles. The van der Waals surface area contributed by atoms with Crippen molar-refractivity contribution >= 4 is 23.2 Å². The highest BCUT2D eigenvalue weighted by atomic mass is 16.5. The van der Waals surface area contributed by atoms with Gasteiger partial charge in [-0.15, -0.1) is 0 Å². The van der Waals surface area contributed by atoms with Gasteiger partial charge in [0, 0.05) is 69.7 Å². The SMILES string of the molecule is COc1ccc(N2CCN(C(=O)C3Cc4cc(OC)c(OC)cc4C(c4ccc(OC)c(OC)c4)C3C(=O)N3CCN(c4ccc(OC)cc4)CC3)CC2)cc1. The molecule has 0 bridgehead atoms. The van der Waals surface area contributed by atoms with E-state index in [0.717, 1.165) is 39.6 Å². The van der Waals surface area contributed by atoms with Gasteiger partial charge in [-0.2, -0.15) is 0 Å². The lowest BCUT2D eigenvalue weighted by molar-refractivity contribution is -0.148. The zero-order valence-corrected chi connectivity index (χ0v) is 33.2. The van der Waals surface area contributed by atoms with E-state index in [0.29, 0.717) is 81.8 Å². The maximum absolute atomic E-state index is 15.3. The second kappa shape index (κ2) is 16.9. The number of methoxy groups -OCH3 is 6. The summed E-state index contributed by atoms with van der Waals surface area (Å²) in [5.74, 6) is 2.03. The lowest BCUT2D eigenvalue weighted by atomic mass is 9.65. The van der Waals surface area contributed by atoms with E-state index in [1.165, 1.54) is 0 Å². The molecule has 2 fully saturated rings. The Bertz CT molecular complexity index is 1990. The van der Waals surface area contributed by atoms with Crippen molar-refractivity contribution in [1.82, 2.24) is 9.80 Å². The Kier molecular flexibility index (Phi) is 11.6. The quantitative estimate of drug-likeness (QED) is 0.199. The van der Waals surface area contributed by atoms with E-state index in [9.17, 15) is 0 Å². The summed E-state index contributed by atoms with van der Waals surface area (Å²) in [6.07, 6.45) is 0.388. The minimum absolute atomic E-state index is 0.0134. The number of ether oxygens (including phenoxy) is 6. The van der Waals surface area contributed by atoms with Crippen LogP contribution in [0.1, 0.15) is 22.6 Å². The lowest BCUT2D eigenvalue weighted by Gasteiger charge is -2.45. The molecular formula is C44H52N4O8. The highest BCUT2D eigenvalue weighted by Crippen LogP contribution is 2.49. The molecule has 1 aliphatic carbocycles. The number of hydrogen-bond acceptors (Lipinski definition) is 10. The van der Waals surface area contributed by atoms with Crippen LogP contribution in [0.5, 0.6) is 34.5 Å². The summed E-state index contributed by atoms with van der Waals surface area (Å²) in [6.45, 7) is 4.83. The third kappa shape index (κ3) is 7.56. The number of rotatable bonds is 11. The van der Waals surface area contributed by atoms with Crippen molar-refractivity contribution in [2.75, 3.05) is 105 Å². The van der Waals surface area contributed by atoms with Gasteiger partial charge in [-0.05, 0) is 95.9 Å². The molecule has 4 aromatic rings. The second-order valence-corrected chi connectivity index (χ2v) is 14.4. The normalized spacial score (nSPS) is 19.5. The third-order valence-electron chi connectivity index (χ3n) is 11.6. The summed E-state index contributed by atoms with van der Waals surface area (Å²) in [4.78, 5) is 38.8. The third-order valence-corrected chi connectivity index (χ3v) is 11.6. The zero-order valence-electron chi connectivity index (χ0n) is 33.2. The Morgan fingerprint density at radius 3 is 1.45 bits per heavy atom. The van der Waals surface area contributed by atoms with Crippen LogP contribution in [0.3, 0.4) is 0 Å². The van der Waals surface area contributed by atoms with Crippen LogP contribution in [0, 0.1) is 11.8 Å². The van der Waals surface area contributed by atoms with Crippen LogP contribution >= 0.6 is 0 Å². The number of nitrogens with zero attached hydrogens (tertiary/aromatic N) is 4. The van der Waals surface area contributed by atoms with Crippen LogP contribution in [0.2, 0.25) is 0 Å². The summed E-state index contributed by atoms with van der Waals surface area (Å²) < 4.78 is 33.7. The molecule has 3 atom stereocenters. The van der Waals surface area contributed by atoms with E-state index in [1.54, 1.807) is 42.7 Å². The first-order valence-electron chi connectivity index (χ1n) is 19.1. The number of benzene rings is 4. The van der Waals surface area contributed by atoms with Crippen molar-refractivity contribution < 1.29 is 38.0 Å². The number of hydrogen-bond donors (Lipinski definition) is 0. The highest BCUT2D eigenvalue weighted by molar-refractivity contribution is 5.90. The van der Waals surface area contributed by atoms with Crippen LogP contribution in [0.4, 0.5) is 11.4 Å². The number of amides is 2. The van der Waals surface area contributed by atoms with E-state index in [1.807, 2.05) is 88.7 Å². The molecule has 2 amide bonds. The molecule has 2 aliphatic heterocycles. The van der Waals surface area contributed by atoms with Crippen molar-refractivity contribution in [3.63, 3.8) is 0 Å². The fourth-order valence-corrected chi connectivity index (χ4v) is 8.58. The Hall–Kier alpha value is -5.78. The molecule has 0 radical (unpaired) electrons. The van der Waals surface area contributed by atoms with Crippen molar-refractivity contribution in [1.29, 1.82) is 0 Å².